The lowest BCUT2D eigenvalue weighted by Crippen LogP contribution is -2.48. The summed E-state index contributed by atoms with van der Waals surface area (Å²) in [7, 11) is 1.81. The average molecular weight is 344 g/mol. The van der Waals surface area contributed by atoms with Crippen molar-refractivity contribution in [3.05, 3.63) is 29.7 Å². The van der Waals surface area contributed by atoms with Crippen LogP contribution in [0.4, 0.5) is 0 Å². The monoisotopic (exact) mass is 344 g/mol. The lowest BCUT2D eigenvalue weighted by Gasteiger charge is -2.36. The zero-order valence-electron chi connectivity index (χ0n) is 14.0. The summed E-state index contributed by atoms with van der Waals surface area (Å²) < 4.78 is 5.32. The van der Waals surface area contributed by atoms with Gasteiger partial charge in [0.15, 0.2) is 5.82 Å². The van der Waals surface area contributed by atoms with Crippen molar-refractivity contribution in [3.8, 4) is 0 Å². The molecular weight excluding hydrogens is 324 g/mol. The fraction of sp³-hybridized carbons (Fsp3) is 0.562. The van der Waals surface area contributed by atoms with E-state index in [4.69, 9.17) is 4.52 Å². The molecule has 1 saturated carbocycles. The van der Waals surface area contributed by atoms with Crippen LogP contribution in [0.15, 0.2) is 16.8 Å². The smallest absolute Gasteiger partial charge is 0.271 e. The first-order valence-corrected chi connectivity index (χ1v) is 8.48. The first-order chi connectivity index (χ1) is 12.1. The second-order valence-corrected chi connectivity index (χ2v) is 6.71. The largest absolute Gasteiger partial charge is 0.345 e. The van der Waals surface area contributed by atoms with Gasteiger partial charge in [-0.05, 0) is 18.9 Å². The fourth-order valence-electron chi connectivity index (χ4n) is 2.90. The molecule has 9 nitrogen and oxygen atoms in total. The van der Waals surface area contributed by atoms with Crippen molar-refractivity contribution in [1.29, 1.82) is 0 Å². The molecule has 0 aromatic carbocycles. The Bertz CT molecular complexity index is 761. The molecule has 0 bridgehead atoms. The van der Waals surface area contributed by atoms with Crippen LogP contribution in [0.1, 0.15) is 41.0 Å². The predicted molar refractivity (Wildman–Crippen MR) is 85.6 cm³/mol. The van der Waals surface area contributed by atoms with Gasteiger partial charge in [0, 0.05) is 45.2 Å². The van der Waals surface area contributed by atoms with E-state index in [0.29, 0.717) is 43.5 Å². The number of hydrogen-bond donors (Lipinski definition) is 1. The highest BCUT2D eigenvalue weighted by Gasteiger charge is 2.36. The van der Waals surface area contributed by atoms with Crippen molar-refractivity contribution in [3.63, 3.8) is 0 Å². The van der Waals surface area contributed by atoms with Crippen LogP contribution >= 0.6 is 0 Å². The van der Waals surface area contributed by atoms with Crippen LogP contribution in [0.5, 0.6) is 0 Å². The van der Waals surface area contributed by atoms with Gasteiger partial charge in [0.1, 0.15) is 5.69 Å². The first-order valence-electron chi connectivity index (χ1n) is 8.48. The van der Waals surface area contributed by atoms with Gasteiger partial charge >= 0.3 is 0 Å². The van der Waals surface area contributed by atoms with Crippen molar-refractivity contribution in [2.75, 3.05) is 26.7 Å². The van der Waals surface area contributed by atoms with Crippen LogP contribution < -0.4 is 0 Å². The van der Waals surface area contributed by atoms with Gasteiger partial charge in [0.05, 0.1) is 5.92 Å². The molecule has 132 valence electrons. The Morgan fingerprint density at radius 2 is 2.20 bits per heavy atom. The van der Waals surface area contributed by atoms with Gasteiger partial charge in [-0.15, -0.1) is 0 Å². The van der Waals surface area contributed by atoms with E-state index in [1.165, 1.54) is 0 Å². The fourth-order valence-corrected chi connectivity index (χ4v) is 2.90. The van der Waals surface area contributed by atoms with Crippen molar-refractivity contribution in [1.82, 2.24) is 30.1 Å². The molecule has 2 fully saturated rings. The van der Waals surface area contributed by atoms with Gasteiger partial charge in [-0.1, -0.05) is 5.16 Å². The number of amides is 2. The standard InChI is InChI=1S/C16H20N6O3/c1-21(15(23)10-2-3-10)7-5-13-18-14(25-20-13)11-8-22(9-11)16(24)12-4-6-17-19-12/h4,6,10-11H,2-3,5,7-9H2,1H3,(H,17,19). The maximum absolute atomic E-state index is 12.1. The number of carbonyl (C=O) groups is 2. The number of nitrogens with one attached hydrogen (secondary N) is 1. The first kappa shape index (κ1) is 15.8. The summed E-state index contributed by atoms with van der Waals surface area (Å²) in [6.45, 7) is 1.70. The van der Waals surface area contributed by atoms with E-state index in [9.17, 15) is 9.59 Å². The summed E-state index contributed by atoms with van der Waals surface area (Å²) in [4.78, 5) is 31.9. The molecule has 2 aromatic rings. The van der Waals surface area contributed by atoms with Crippen LogP contribution in [-0.4, -0.2) is 68.6 Å². The SMILES string of the molecule is CN(CCc1noc(C2CN(C(=O)c3ccn[nH]3)C2)n1)C(=O)C1CC1. The number of aromatic nitrogens is 4. The van der Waals surface area contributed by atoms with Crippen molar-refractivity contribution in [2.45, 2.75) is 25.2 Å². The molecule has 9 heteroatoms. The van der Waals surface area contributed by atoms with E-state index < -0.39 is 0 Å². The Labute approximate surface area is 144 Å². The van der Waals surface area contributed by atoms with Crippen LogP contribution in [0.25, 0.3) is 0 Å². The minimum Gasteiger partial charge on any atom is -0.345 e. The summed E-state index contributed by atoms with van der Waals surface area (Å²) in [6, 6.07) is 1.65. The maximum Gasteiger partial charge on any atom is 0.271 e. The normalized spacial score (nSPS) is 17.4. The quantitative estimate of drug-likeness (QED) is 0.815. The van der Waals surface area contributed by atoms with Crippen LogP contribution in [-0.2, 0) is 11.2 Å². The van der Waals surface area contributed by atoms with E-state index in [1.807, 2.05) is 7.05 Å². The minimum absolute atomic E-state index is 0.0685. The molecule has 25 heavy (non-hydrogen) atoms. The van der Waals surface area contributed by atoms with Gasteiger partial charge < -0.3 is 14.3 Å². The molecule has 1 aliphatic carbocycles. The Balaban J connectivity index is 1.26. The minimum atomic E-state index is -0.0753. The number of nitrogens with zero attached hydrogens (tertiary/aromatic N) is 5. The molecule has 1 N–H and O–H groups in total. The number of rotatable bonds is 6. The summed E-state index contributed by atoms with van der Waals surface area (Å²) in [5.41, 5.74) is 0.480. The van der Waals surface area contributed by atoms with Gasteiger partial charge in [-0.3, -0.25) is 14.7 Å². The van der Waals surface area contributed by atoms with E-state index in [2.05, 4.69) is 20.3 Å². The Morgan fingerprint density at radius 1 is 1.40 bits per heavy atom. The molecule has 0 radical (unpaired) electrons. The third-order valence-electron chi connectivity index (χ3n) is 4.71. The third-order valence-corrected chi connectivity index (χ3v) is 4.71. The van der Waals surface area contributed by atoms with E-state index in [0.717, 1.165) is 12.8 Å². The molecule has 0 unspecified atom stereocenters. The summed E-state index contributed by atoms with van der Waals surface area (Å²) >= 11 is 0. The summed E-state index contributed by atoms with van der Waals surface area (Å²) in [5, 5.41) is 10.4. The molecule has 4 rings (SSSR count). The highest BCUT2D eigenvalue weighted by Crippen LogP contribution is 2.30. The summed E-state index contributed by atoms with van der Waals surface area (Å²) in [6.07, 6.45) is 4.14. The van der Waals surface area contributed by atoms with Crippen molar-refractivity contribution >= 4 is 11.8 Å². The van der Waals surface area contributed by atoms with Crippen molar-refractivity contribution in [2.24, 2.45) is 5.92 Å². The number of H-pyrrole nitrogens is 1. The third kappa shape index (κ3) is 3.26. The van der Waals surface area contributed by atoms with Crippen molar-refractivity contribution < 1.29 is 14.1 Å². The van der Waals surface area contributed by atoms with Gasteiger partial charge in [0.2, 0.25) is 11.8 Å². The Hall–Kier alpha value is -2.71. The lowest BCUT2D eigenvalue weighted by molar-refractivity contribution is -0.131. The maximum atomic E-state index is 12.1. The number of likely N-dealkylation sites (N-methyl/N-ethyl adjacent to an activating group) is 1. The molecular formula is C16H20N6O3. The van der Waals surface area contributed by atoms with Crippen LogP contribution in [0.2, 0.25) is 0 Å². The molecule has 2 aromatic heterocycles. The number of carbonyl (C=O) groups excluding carboxylic acids is 2. The van der Waals surface area contributed by atoms with Crippen LogP contribution in [0.3, 0.4) is 0 Å². The van der Waals surface area contributed by atoms with Gasteiger partial charge in [0.25, 0.3) is 5.91 Å². The average Bonchev–Trinajstić information content (AvgIpc) is 3.08. The lowest BCUT2D eigenvalue weighted by atomic mass is 10.00. The molecule has 1 saturated heterocycles. The van der Waals surface area contributed by atoms with Gasteiger partial charge in [-0.2, -0.15) is 10.1 Å². The zero-order chi connectivity index (χ0) is 17.4. The molecule has 3 heterocycles. The molecule has 2 amide bonds. The van der Waals surface area contributed by atoms with E-state index >= 15 is 0 Å². The Morgan fingerprint density at radius 3 is 2.88 bits per heavy atom. The zero-order valence-corrected chi connectivity index (χ0v) is 14.0. The van der Waals surface area contributed by atoms with E-state index in [-0.39, 0.29) is 23.7 Å². The predicted octanol–water partition coefficient (Wildman–Crippen LogP) is 0.443. The number of hydrogen-bond acceptors (Lipinski definition) is 6. The second kappa shape index (κ2) is 6.30. The molecule has 2 aliphatic rings. The van der Waals surface area contributed by atoms with Gasteiger partial charge in [-0.25, -0.2) is 0 Å². The highest BCUT2D eigenvalue weighted by atomic mass is 16.5. The molecule has 1 aliphatic heterocycles. The highest BCUT2D eigenvalue weighted by molar-refractivity contribution is 5.92. The topological polar surface area (TPSA) is 108 Å². The number of aromatic amines is 1. The Kier molecular flexibility index (Phi) is 3.98. The van der Waals surface area contributed by atoms with Crippen LogP contribution in [0, 0.1) is 5.92 Å². The molecule has 0 atom stereocenters. The summed E-state index contributed by atoms with van der Waals surface area (Å²) in [5.74, 6) is 1.58. The second-order valence-electron chi connectivity index (χ2n) is 6.71. The number of likely N-dealkylation sites (tertiary alicyclic amines) is 1. The van der Waals surface area contributed by atoms with E-state index in [1.54, 1.807) is 22.1 Å². The molecule has 0 spiro atoms.